The molecule has 80 valence electrons. The van der Waals surface area contributed by atoms with E-state index in [4.69, 9.17) is 16.7 Å². The van der Waals surface area contributed by atoms with Crippen LogP contribution in [0.4, 0.5) is 0 Å². The molecule has 7 heteroatoms. The lowest BCUT2D eigenvalue weighted by molar-refractivity contribution is -0.113. The fraction of sp³-hybridized carbons (Fsp3) is 1.00. The zero-order valence-corrected chi connectivity index (χ0v) is 6.96. The van der Waals surface area contributed by atoms with Crippen LogP contribution in [0.3, 0.4) is 0 Å². The van der Waals surface area contributed by atoms with Gasteiger partial charge < -0.3 is 25.5 Å². The van der Waals surface area contributed by atoms with Crippen molar-refractivity contribution in [1.82, 2.24) is 5.43 Å². The summed E-state index contributed by atoms with van der Waals surface area (Å²) in [5.41, 5.74) is 2.19. The highest BCUT2D eigenvalue weighted by Crippen LogP contribution is 2.03. The Morgan fingerprint density at radius 3 is 2.15 bits per heavy atom. The van der Waals surface area contributed by atoms with Gasteiger partial charge in [-0.15, -0.1) is 0 Å². The van der Waals surface area contributed by atoms with Gasteiger partial charge in [-0.1, -0.05) is 0 Å². The van der Waals surface area contributed by atoms with Crippen molar-refractivity contribution in [2.45, 2.75) is 24.4 Å². The lowest BCUT2D eigenvalue weighted by Gasteiger charge is -2.25. The third kappa shape index (κ3) is 3.96. The number of nitrogens with two attached hydrogens (primary N) is 1. The number of nitrogens with one attached hydrogen (secondary N) is 1. The first-order valence-corrected chi connectivity index (χ1v) is 3.77. The van der Waals surface area contributed by atoms with E-state index >= 15 is 0 Å². The number of hydrogen-bond acceptors (Lipinski definition) is 7. The average molecular weight is 197 g/mol. The van der Waals surface area contributed by atoms with Gasteiger partial charge in [0.2, 0.25) is 0 Å². The quantitative estimate of drug-likeness (QED) is 0.162. The average Bonchev–Trinajstić information content (AvgIpc) is 2.22. The summed E-state index contributed by atoms with van der Waals surface area (Å²) in [7, 11) is 0. The number of aliphatic hydroxyl groups excluding tert-OH is 5. The molecule has 13 heavy (non-hydrogen) atoms. The van der Waals surface area contributed by atoms with Crippen molar-refractivity contribution in [3.8, 4) is 0 Å². The van der Waals surface area contributed by atoms with E-state index in [9.17, 15) is 10.2 Å². The van der Waals surface area contributed by atoms with E-state index in [2.05, 4.69) is 5.43 Å². The predicted octanol–water partition coefficient (Wildman–Crippen LogP) is -4.11. The summed E-state index contributed by atoms with van der Waals surface area (Å²) < 4.78 is 6.46. The maximum absolute atomic E-state index is 9.21. The van der Waals surface area contributed by atoms with Crippen molar-refractivity contribution < 1.29 is 26.9 Å². The van der Waals surface area contributed by atoms with Gasteiger partial charge in [-0.25, -0.2) is 0 Å². The Morgan fingerprint density at radius 1 is 1.15 bits per heavy atom. The first-order chi connectivity index (χ1) is 6.54. The van der Waals surface area contributed by atoms with Crippen LogP contribution in [0, 0.1) is 0 Å². The van der Waals surface area contributed by atoms with Gasteiger partial charge in [0, 0.05) is 6.54 Å². The van der Waals surface area contributed by atoms with E-state index in [0.717, 1.165) is 0 Å². The van der Waals surface area contributed by atoms with Crippen molar-refractivity contribution in [2.75, 3.05) is 13.2 Å². The van der Waals surface area contributed by atoms with E-state index in [1.165, 1.54) is 0 Å². The molecule has 0 rings (SSSR count). The summed E-state index contributed by atoms with van der Waals surface area (Å²) in [4.78, 5) is 0. The molecule has 4 atom stereocenters. The second-order valence-electron chi connectivity index (χ2n) is 2.68. The molecule has 0 bridgehead atoms. The van der Waals surface area contributed by atoms with E-state index < -0.39 is 31.0 Å². The van der Waals surface area contributed by atoms with Gasteiger partial charge in [-0.2, -0.15) is 0 Å². The summed E-state index contributed by atoms with van der Waals surface area (Å²) in [5.74, 6) is 1.77. The molecule has 0 saturated heterocycles. The van der Waals surface area contributed by atoms with Crippen molar-refractivity contribution in [3.05, 3.63) is 0 Å². The minimum Gasteiger partial charge on any atom is -0.394 e. The fourth-order valence-electron chi connectivity index (χ4n) is 0.789. The molecule has 0 aromatic carbocycles. The van der Waals surface area contributed by atoms with Crippen LogP contribution in [0.2, 0.25) is 1.41 Å². The van der Waals surface area contributed by atoms with E-state index in [1.807, 2.05) is 0 Å². The van der Waals surface area contributed by atoms with E-state index in [1.54, 1.807) is 5.84 Å². The molecule has 7 nitrogen and oxygen atoms in total. The first kappa shape index (κ1) is 10.8. The van der Waals surface area contributed by atoms with Crippen LogP contribution in [0.25, 0.3) is 0 Å². The summed E-state index contributed by atoms with van der Waals surface area (Å²) in [6, 6.07) is 0. The Hall–Kier alpha value is -0.280. The van der Waals surface area contributed by atoms with Crippen LogP contribution >= 0.6 is 0 Å². The van der Waals surface area contributed by atoms with Crippen LogP contribution in [-0.2, 0) is 0 Å². The highest BCUT2D eigenvalue weighted by Gasteiger charge is 2.29. The molecule has 0 unspecified atom stereocenters. The highest BCUT2D eigenvalue weighted by atomic mass is 16.4. The maximum Gasteiger partial charge on any atom is 0.137 e. The molecule has 0 amide bonds. The molecule has 0 spiro atoms. The Bertz CT molecular complexity index is 152. The lowest BCUT2D eigenvalue weighted by atomic mass is 10.0. The number of hydrazine groups is 1. The van der Waals surface area contributed by atoms with Crippen molar-refractivity contribution in [3.63, 3.8) is 0 Å². The largest absolute Gasteiger partial charge is 0.394 e. The topological polar surface area (TPSA) is 139 Å². The molecular weight excluding hydrogens is 180 g/mol. The highest BCUT2D eigenvalue weighted by molar-refractivity contribution is 4.80. The molecule has 0 fully saturated rings. The maximum atomic E-state index is 9.21. The van der Waals surface area contributed by atoms with Crippen LogP contribution in [-0.4, -0.2) is 63.1 Å². The van der Waals surface area contributed by atoms with Gasteiger partial charge >= 0.3 is 0 Å². The van der Waals surface area contributed by atoms with Crippen molar-refractivity contribution in [2.24, 2.45) is 5.84 Å². The molecule has 0 aromatic heterocycles. The first-order valence-electron chi connectivity index (χ1n) is 4.27. The molecule has 0 aliphatic carbocycles. The number of rotatable bonds is 7. The van der Waals surface area contributed by atoms with Gasteiger partial charge in [0.1, 0.15) is 19.7 Å². The van der Waals surface area contributed by atoms with Gasteiger partial charge in [0.15, 0.2) is 0 Å². The van der Waals surface area contributed by atoms with Crippen LogP contribution in [0.1, 0.15) is 0 Å². The molecule has 0 saturated carbocycles. The van der Waals surface area contributed by atoms with Gasteiger partial charge in [0.05, 0.1) is 12.7 Å². The molecule has 0 heterocycles. The predicted molar refractivity (Wildman–Crippen MR) is 43.3 cm³/mol. The number of aliphatic hydroxyl groups is 5. The van der Waals surface area contributed by atoms with Gasteiger partial charge in [0.25, 0.3) is 0 Å². The third-order valence-electron chi connectivity index (χ3n) is 1.64. The zero-order valence-electron chi connectivity index (χ0n) is 7.96. The third-order valence-corrected chi connectivity index (χ3v) is 1.64. The minimum absolute atomic E-state index is 0.181. The summed E-state index contributed by atoms with van der Waals surface area (Å²) in [6.07, 6.45) is -6.10. The summed E-state index contributed by atoms with van der Waals surface area (Å²) in [6.45, 7) is -0.894. The standard InChI is InChI=1S/C6H16N2O5/c7-8-1-3(10)5(12)6(13)4(11)2-9/h3-6,8-13H,1-2,7H2/t3-,4-,5-,6+/m1/s1/i/hD. The zero-order chi connectivity index (χ0) is 11.1. The van der Waals surface area contributed by atoms with E-state index in [-0.39, 0.29) is 6.54 Å². The Morgan fingerprint density at radius 2 is 1.69 bits per heavy atom. The molecule has 8 N–H and O–H groups in total. The lowest BCUT2D eigenvalue weighted by Crippen LogP contribution is -2.49. The van der Waals surface area contributed by atoms with Crippen molar-refractivity contribution >= 4 is 0 Å². The molecule has 0 aliphatic heterocycles. The molecule has 0 radical (unpaired) electrons. The van der Waals surface area contributed by atoms with E-state index in [0.29, 0.717) is 0 Å². The van der Waals surface area contributed by atoms with Crippen LogP contribution < -0.4 is 11.3 Å². The summed E-state index contributed by atoms with van der Waals surface area (Å²) >= 11 is 0. The second kappa shape index (κ2) is 6.22. The van der Waals surface area contributed by atoms with Crippen LogP contribution in [0.15, 0.2) is 0 Å². The van der Waals surface area contributed by atoms with Gasteiger partial charge in [-0.05, 0) is 0 Å². The normalized spacial score (nSPS) is 21.8. The van der Waals surface area contributed by atoms with Gasteiger partial charge in [-0.3, -0.25) is 11.3 Å². The molecule has 0 aliphatic rings. The summed E-state index contributed by atoms with van der Waals surface area (Å²) in [5, 5.41) is 44.9. The Balaban J connectivity index is 3.95. The Labute approximate surface area is 76.9 Å². The second-order valence-corrected chi connectivity index (χ2v) is 2.68. The minimum atomic E-state index is -1.64. The Kier molecular flexibility index (Phi) is 5.16. The SMILES string of the molecule is [2H]NNC[C@@H](O)[C@@H](O)[C@@H](O)[C@H](O)CO. The smallest absolute Gasteiger partial charge is 0.137 e. The molecular formula is C6H16N2O5. The molecule has 0 aromatic rings. The van der Waals surface area contributed by atoms with Crippen LogP contribution in [0.5, 0.6) is 0 Å². The van der Waals surface area contributed by atoms with Crippen molar-refractivity contribution in [1.29, 1.82) is 0 Å². The number of hydrogen-bond donors (Lipinski definition) is 7. The fourth-order valence-corrected chi connectivity index (χ4v) is 0.789. The monoisotopic (exact) mass is 197 g/mol.